The number of amides is 2. The smallest absolute Gasteiger partial charge is 0.373 e. The highest BCUT2D eigenvalue weighted by atomic mass is 19.4. The number of hydrazine groups is 1. The van der Waals surface area contributed by atoms with Crippen LogP contribution in [0.3, 0.4) is 0 Å². The van der Waals surface area contributed by atoms with Gasteiger partial charge in [-0.2, -0.15) is 26.3 Å². The molecule has 2 N–H and O–H groups in total. The third kappa shape index (κ3) is 6.82. The topological polar surface area (TPSA) is 96.0 Å². The van der Waals surface area contributed by atoms with Crippen LogP contribution in [0.1, 0.15) is 24.8 Å². The molecule has 0 saturated carbocycles. The summed E-state index contributed by atoms with van der Waals surface area (Å²) in [6, 6.07) is 2.28. The highest BCUT2D eigenvalue weighted by molar-refractivity contribution is 5.80. The summed E-state index contributed by atoms with van der Waals surface area (Å²) in [4.78, 5) is 31.7. The fourth-order valence-electron chi connectivity index (χ4n) is 4.65. The fraction of sp³-hybridized carbons (Fsp3) is 0.682. The van der Waals surface area contributed by atoms with Crippen molar-refractivity contribution in [1.82, 2.24) is 20.7 Å². The molecule has 3 fully saturated rings. The lowest BCUT2D eigenvalue weighted by atomic mass is 9.99. The summed E-state index contributed by atoms with van der Waals surface area (Å²) in [6.07, 6.45) is -9.53. The minimum atomic E-state index is -4.74. The molecule has 1 aromatic heterocycles. The molecule has 0 bridgehead atoms. The monoisotopic (exact) mass is 539 g/mol. The number of alkyl halides is 6. The van der Waals surface area contributed by atoms with Crippen LogP contribution in [0.5, 0.6) is 0 Å². The maximum Gasteiger partial charge on any atom is 0.417 e. The predicted molar refractivity (Wildman–Crippen MR) is 116 cm³/mol. The quantitative estimate of drug-likeness (QED) is 0.534. The molecule has 3 aliphatic rings. The molecule has 2 amide bonds. The van der Waals surface area contributed by atoms with Gasteiger partial charge in [0.05, 0.1) is 36.9 Å². The van der Waals surface area contributed by atoms with Crippen molar-refractivity contribution in [2.75, 3.05) is 44.2 Å². The highest BCUT2D eigenvalue weighted by Crippen LogP contribution is 2.33. The number of halogens is 6. The summed E-state index contributed by atoms with van der Waals surface area (Å²) in [6.45, 7) is 1.24. The number of carbonyl (C=O) groups is 2. The molecule has 0 radical (unpaired) electrons. The lowest BCUT2D eigenvalue weighted by Gasteiger charge is -2.36. The van der Waals surface area contributed by atoms with Gasteiger partial charge in [0.1, 0.15) is 5.82 Å². The Labute approximate surface area is 208 Å². The molecule has 37 heavy (non-hydrogen) atoms. The van der Waals surface area contributed by atoms with Crippen molar-refractivity contribution in [3.05, 3.63) is 23.9 Å². The van der Waals surface area contributed by atoms with Gasteiger partial charge in [0.25, 0.3) is 0 Å². The number of pyridine rings is 1. The van der Waals surface area contributed by atoms with E-state index >= 15 is 0 Å². The number of anilines is 1. The van der Waals surface area contributed by atoms with Gasteiger partial charge in [0, 0.05) is 38.9 Å². The van der Waals surface area contributed by atoms with E-state index in [4.69, 9.17) is 9.47 Å². The van der Waals surface area contributed by atoms with Crippen LogP contribution in [-0.4, -0.2) is 85.5 Å². The largest absolute Gasteiger partial charge is 0.417 e. The summed E-state index contributed by atoms with van der Waals surface area (Å²) in [5.41, 5.74) is 3.53. The minimum absolute atomic E-state index is 0.105. The summed E-state index contributed by atoms with van der Waals surface area (Å²) < 4.78 is 89.0. The standard InChI is InChI=1S/C22H27F6N5O4/c23-21(24,25)13-1-4-17(29-10-13)32-5-7-33(8-6-32)18(34)9-14-2-3-15(37-14)12-36-16-11-30-31-20(35)19(16)22(26,27)28/h1,4,10,14-16,19,30H,2-3,5-9,11-12H2,(H,31,35)/t14-,15+,16?,19?/m0/s1. The van der Waals surface area contributed by atoms with Gasteiger partial charge in [-0.1, -0.05) is 0 Å². The Morgan fingerprint density at radius 2 is 1.78 bits per heavy atom. The average Bonchev–Trinajstić information content (AvgIpc) is 3.28. The summed E-state index contributed by atoms with van der Waals surface area (Å²) in [7, 11) is 0. The summed E-state index contributed by atoms with van der Waals surface area (Å²) in [5, 5.41) is 0. The van der Waals surface area contributed by atoms with Crippen molar-refractivity contribution in [2.45, 2.75) is 49.9 Å². The lowest BCUT2D eigenvalue weighted by Crippen LogP contribution is -2.60. The molecule has 0 aliphatic carbocycles. The van der Waals surface area contributed by atoms with E-state index in [1.165, 1.54) is 6.07 Å². The predicted octanol–water partition coefficient (Wildman–Crippen LogP) is 1.88. The highest BCUT2D eigenvalue weighted by Gasteiger charge is 2.52. The molecule has 0 spiro atoms. The van der Waals surface area contributed by atoms with Gasteiger partial charge in [-0.25, -0.2) is 10.4 Å². The number of nitrogens with one attached hydrogen (secondary N) is 2. The van der Waals surface area contributed by atoms with E-state index in [9.17, 15) is 35.9 Å². The number of aromatic nitrogens is 1. The van der Waals surface area contributed by atoms with Crippen LogP contribution >= 0.6 is 0 Å². The first-order valence-corrected chi connectivity index (χ1v) is 11.8. The second-order valence-corrected chi connectivity index (χ2v) is 9.19. The molecule has 2 unspecified atom stereocenters. The number of carbonyl (C=O) groups excluding carboxylic acids is 2. The summed E-state index contributed by atoms with van der Waals surface area (Å²) >= 11 is 0. The van der Waals surface area contributed by atoms with Gasteiger partial charge in [-0.05, 0) is 25.0 Å². The first-order chi connectivity index (χ1) is 17.4. The average molecular weight is 539 g/mol. The zero-order chi connectivity index (χ0) is 26.8. The number of nitrogens with zero attached hydrogens (tertiary/aromatic N) is 3. The maximum absolute atomic E-state index is 13.2. The Bertz CT molecular complexity index is 952. The van der Waals surface area contributed by atoms with Crippen LogP contribution < -0.4 is 15.8 Å². The molecule has 3 aliphatic heterocycles. The van der Waals surface area contributed by atoms with E-state index in [0.29, 0.717) is 44.8 Å². The molecule has 4 heterocycles. The van der Waals surface area contributed by atoms with Gasteiger partial charge in [-0.15, -0.1) is 0 Å². The van der Waals surface area contributed by atoms with Crippen molar-refractivity contribution >= 4 is 17.6 Å². The van der Waals surface area contributed by atoms with Crippen LogP contribution in [0.4, 0.5) is 32.2 Å². The van der Waals surface area contributed by atoms with E-state index in [-0.39, 0.29) is 25.5 Å². The van der Waals surface area contributed by atoms with E-state index in [1.807, 2.05) is 5.43 Å². The van der Waals surface area contributed by atoms with Gasteiger partial charge in [0.2, 0.25) is 11.8 Å². The Balaban J connectivity index is 1.20. The van der Waals surface area contributed by atoms with Crippen molar-refractivity contribution in [2.24, 2.45) is 5.92 Å². The van der Waals surface area contributed by atoms with Crippen LogP contribution in [-0.2, 0) is 25.2 Å². The van der Waals surface area contributed by atoms with E-state index in [2.05, 4.69) is 10.4 Å². The van der Waals surface area contributed by atoms with E-state index in [1.54, 1.807) is 9.80 Å². The zero-order valence-corrected chi connectivity index (χ0v) is 19.6. The van der Waals surface area contributed by atoms with Crippen LogP contribution in [0.25, 0.3) is 0 Å². The van der Waals surface area contributed by atoms with E-state index in [0.717, 1.165) is 12.3 Å². The zero-order valence-electron chi connectivity index (χ0n) is 19.6. The minimum Gasteiger partial charge on any atom is -0.373 e. The molecular formula is C22H27F6N5O4. The normalized spacial score (nSPS) is 27.4. The maximum atomic E-state index is 13.2. The van der Waals surface area contributed by atoms with Gasteiger partial charge >= 0.3 is 12.4 Å². The third-order valence-corrected chi connectivity index (χ3v) is 6.65. The number of hydrogen-bond donors (Lipinski definition) is 2. The molecule has 1 aromatic rings. The second kappa shape index (κ2) is 11.0. The number of ether oxygens (including phenoxy) is 2. The van der Waals surface area contributed by atoms with Crippen LogP contribution in [0.2, 0.25) is 0 Å². The summed E-state index contributed by atoms with van der Waals surface area (Å²) in [5.74, 6) is -3.21. The Morgan fingerprint density at radius 1 is 1.08 bits per heavy atom. The van der Waals surface area contributed by atoms with Crippen LogP contribution in [0.15, 0.2) is 18.3 Å². The first kappa shape index (κ1) is 27.4. The lowest BCUT2D eigenvalue weighted by molar-refractivity contribution is -0.215. The molecule has 9 nitrogen and oxygen atoms in total. The number of hydrogen-bond acceptors (Lipinski definition) is 7. The molecule has 3 saturated heterocycles. The van der Waals surface area contributed by atoms with Gasteiger partial charge < -0.3 is 19.3 Å². The number of rotatable bonds is 6. The third-order valence-electron chi connectivity index (χ3n) is 6.65. The Hall–Kier alpha value is -2.65. The molecular weight excluding hydrogens is 512 g/mol. The molecule has 0 aromatic carbocycles. The van der Waals surface area contributed by atoms with Crippen molar-refractivity contribution in [3.63, 3.8) is 0 Å². The fourth-order valence-corrected chi connectivity index (χ4v) is 4.65. The van der Waals surface area contributed by atoms with Gasteiger partial charge in [0.15, 0.2) is 5.92 Å². The molecule has 4 atom stereocenters. The SMILES string of the molecule is O=C1NNCC(OC[C@H]2CC[C@@H](CC(=O)N3CCN(c4ccc(C(F)(F)F)cn4)CC3)O2)C1C(F)(F)F. The Morgan fingerprint density at radius 3 is 2.41 bits per heavy atom. The van der Waals surface area contributed by atoms with Gasteiger partial charge in [-0.3, -0.25) is 15.0 Å². The van der Waals surface area contributed by atoms with Crippen molar-refractivity contribution in [1.29, 1.82) is 0 Å². The van der Waals surface area contributed by atoms with Crippen molar-refractivity contribution < 1.29 is 45.4 Å². The molecule has 206 valence electrons. The Kier molecular flexibility index (Phi) is 8.14. The second-order valence-electron chi connectivity index (χ2n) is 9.19. The van der Waals surface area contributed by atoms with Crippen LogP contribution in [0, 0.1) is 5.92 Å². The molecule has 15 heteroatoms. The van der Waals surface area contributed by atoms with E-state index < -0.39 is 48.1 Å². The number of piperazine rings is 1. The first-order valence-electron chi connectivity index (χ1n) is 11.8. The van der Waals surface area contributed by atoms with Crippen molar-refractivity contribution in [3.8, 4) is 0 Å². The molecule has 4 rings (SSSR count).